The van der Waals surface area contributed by atoms with Crippen molar-refractivity contribution in [3.8, 4) is 0 Å². The molecule has 1 aliphatic rings. The van der Waals surface area contributed by atoms with E-state index in [0.29, 0.717) is 12.5 Å². The molecule has 0 spiro atoms. The Morgan fingerprint density at radius 2 is 1.88 bits per heavy atom. The molecule has 1 saturated carbocycles. The molecule has 0 radical (unpaired) electrons. The Balaban J connectivity index is 1.94. The third-order valence-corrected chi connectivity index (χ3v) is 3.62. The highest BCUT2D eigenvalue weighted by molar-refractivity contribution is 4.72. The fraction of sp³-hybridized carbons (Fsp3) is 1.00. The van der Waals surface area contributed by atoms with Crippen LogP contribution in [0.3, 0.4) is 0 Å². The first-order valence-corrected chi connectivity index (χ1v) is 7.10. The molecule has 96 valence electrons. The van der Waals surface area contributed by atoms with E-state index in [1.807, 2.05) is 0 Å². The van der Waals surface area contributed by atoms with Crippen molar-refractivity contribution < 1.29 is 9.84 Å². The summed E-state index contributed by atoms with van der Waals surface area (Å²) in [5, 5.41) is 9.95. The molecule has 2 heteroatoms. The standard InChI is InChI=1S/C14H28O2/c1-2-3-4-8-11-16-12-14(15)13-9-6-5-7-10-13/h13-15H,2-12H2,1H3. The molecule has 16 heavy (non-hydrogen) atoms. The average molecular weight is 228 g/mol. The summed E-state index contributed by atoms with van der Waals surface area (Å²) < 4.78 is 5.55. The smallest absolute Gasteiger partial charge is 0.0801 e. The number of aliphatic hydroxyl groups is 1. The predicted octanol–water partition coefficient (Wildman–Crippen LogP) is 3.52. The molecule has 0 saturated heterocycles. The van der Waals surface area contributed by atoms with E-state index in [-0.39, 0.29) is 6.10 Å². The molecule has 1 atom stereocenters. The Labute approximate surface area is 100 Å². The molecule has 0 aromatic rings. The number of hydrogen-bond donors (Lipinski definition) is 1. The van der Waals surface area contributed by atoms with Gasteiger partial charge in [0.2, 0.25) is 0 Å². The van der Waals surface area contributed by atoms with Gasteiger partial charge in [-0.2, -0.15) is 0 Å². The van der Waals surface area contributed by atoms with Gasteiger partial charge in [-0.15, -0.1) is 0 Å². The van der Waals surface area contributed by atoms with Crippen molar-refractivity contribution in [2.45, 2.75) is 70.8 Å². The van der Waals surface area contributed by atoms with Crippen LogP contribution < -0.4 is 0 Å². The summed E-state index contributed by atoms with van der Waals surface area (Å²) in [6.45, 7) is 3.59. The topological polar surface area (TPSA) is 29.5 Å². The van der Waals surface area contributed by atoms with Crippen molar-refractivity contribution >= 4 is 0 Å². The first-order valence-electron chi connectivity index (χ1n) is 7.10. The van der Waals surface area contributed by atoms with E-state index in [0.717, 1.165) is 13.0 Å². The number of hydrogen-bond acceptors (Lipinski definition) is 2. The monoisotopic (exact) mass is 228 g/mol. The quantitative estimate of drug-likeness (QED) is 0.644. The largest absolute Gasteiger partial charge is 0.390 e. The maximum absolute atomic E-state index is 9.95. The van der Waals surface area contributed by atoms with Crippen molar-refractivity contribution in [1.82, 2.24) is 0 Å². The number of rotatable bonds is 8. The minimum atomic E-state index is -0.216. The lowest BCUT2D eigenvalue weighted by atomic mass is 9.85. The maximum atomic E-state index is 9.95. The minimum absolute atomic E-state index is 0.216. The van der Waals surface area contributed by atoms with Gasteiger partial charge in [-0.3, -0.25) is 0 Å². The molecule has 0 aliphatic heterocycles. The Morgan fingerprint density at radius 1 is 1.12 bits per heavy atom. The van der Waals surface area contributed by atoms with E-state index >= 15 is 0 Å². The van der Waals surface area contributed by atoms with Crippen LogP contribution in [-0.2, 0) is 4.74 Å². The Bertz CT molecular complexity index is 153. The summed E-state index contributed by atoms with van der Waals surface area (Å²) >= 11 is 0. The molecule has 0 heterocycles. The van der Waals surface area contributed by atoms with Crippen LogP contribution in [0.4, 0.5) is 0 Å². The molecule has 0 aromatic carbocycles. The van der Waals surface area contributed by atoms with E-state index in [1.165, 1.54) is 51.4 Å². The number of aliphatic hydroxyl groups excluding tert-OH is 1. The van der Waals surface area contributed by atoms with Gasteiger partial charge in [0.1, 0.15) is 0 Å². The van der Waals surface area contributed by atoms with Crippen molar-refractivity contribution in [2.24, 2.45) is 5.92 Å². The molecular formula is C14H28O2. The molecule has 2 nitrogen and oxygen atoms in total. The van der Waals surface area contributed by atoms with Gasteiger partial charge in [0.25, 0.3) is 0 Å². The predicted molar refractivity (Wildman–Crippen MR) is 67.5 cm³/mol. The highest BCUT2D eigenvalue weighted by Gasteiger charge is 2.21. The summed E-state index contributed by atoms with van der Waals surface area (Å²) in [4.78, 5) is 0. The maximum Gasteiger partial charge on any atom is 0.0801 e. The summed E-state index contributed by atoms with van der Waals surface area (Å²) in [7, 11) is 0. The van der Waals surface area contributed by atoms with E-state index in [4.69, 9.17) is 4.74 Å². The zero-order chi connectivity index (χ0) is 11.6. The van der Waals surface area contributed by atoms with Gasteiger partial charge in [0.15, 0.2) is 0 Å². The third kappa shape index (κ3) is 5.86. The fourth-order valence-corrected chi connectivity index (χ4v) is 2.49. The molecule has 1 unspecified atom stereocenters. The zero-order valence-corrected chi connectivity index (χ0v) is 10.8. The lowest BCUT2D eigenvalue weighted by Gasteiger charge is -2.26. The van der Waals surface area contributed by atoms with Gasteiger partial charge in [0, 0.05) is 6.61 Å². The Hall–Kier alpha value is -0.0800. The number of ether oxygens (including phenoxy) is 1. The van der Waals surface area contributed by atoms with Crippen LogP contribution in [-0.4, -0.2) is 24.4 Å². The van der Waals surface area contributed by atoms with Crippen LogP contribution in [0.25, 0.3) is 0 Å². The SMILES string of the molecule is CCCCCCOCC(O)C1CCCCC1. The van der Waals surface area contributed by atoms with E-state index < -0.39 is 0 Å². The zero-order valence-electron chi connectivity index (χ0n) is 10.8. The molecule has 0 aromatic heterocycles. The van der Waals surface area contributed by atoms with Crippen LogP contribution in [0.1, 0.15) is 64.7 Å². The lowest BCUT2D eigenvalue weighted by molar-refractivity contribution is -0.00573. The van der Waals surface area contributed by atoms with Crippen LogP contribution in [0.15, 0.2) is 0 Å². The van der Waals surface area contributed by atoms with Crippen LogP contribution in [0.2, 0.25) is 0 Å². The second-order valence-corrected chi connectivity index (χ2v) is 5.10. The van der Waals surface area contributed by atoms with Gasteiger partial charge in [-0.1, -0.05) is 45.4 Å². The lowest BCUT2D eigenvalue weighted by Crippen LogP contribution is -2.27. The van der Waals surface area contributed by atoms with Gasteiger partial charge >= 0.3 is 0 Å². The second kappa shape index (κ2) is 9.00. The van der Waals surface area contributed by atoms with Crippen LogP contribution >= 0.6 is 0 Å². The van der Waals surface area contributed by atoms with E-state index in [9.17, 15) is 5.11 Å². The van der Waals surface area contributed by atoms with Crippen LogP contribution in [0.5, 0.6) is 0 Å². The van der Waals surface area contributed by atoms with Gasteiger partial charge in [-0.05, 0) is 25.2 Å². The molecular weight excluding hydrogens is 200 g/mol. The number of unbranched alkanes of at least 4 members (excludes halogenated alkanes) is 3. The third-order valence-electron chi connectivity index (χ3n) is 3.62. The summed E-state index contributed by atoms with van der Waals surface area (Å²) in [6.07, 6.45) is 11.1. The normalized spacial score (nSPS) is 19.9. The second-order valence-electron chi connectivity index (χ2n) is 5.10. The van der Waals surface area contributed by atoms with E-state index in [2.05, 4.69) is 6.92 Å². The summed E-state index contributed by atoms with van der Waals surface area (Å²) in [5.41, 5.74) is 0. The van der Waals surface area contributed by atoms with Crippen molar-refractivity contribution in [3.05, 3.63) is 0 Å². The van der Waals surface area contributed by atoms with Gasteiger partial charge < -0.3 is 9.84 Å². The average Bonchev–Trinajstić information content (AvgIpc) is 2.34. The molecule has 0 bridgehead atoms. The van der Waals surface area contributed by atoms with Crippen LogP contribution in [0, 0.1) is 5.92 Å². The first kappa shape index (κ1) is 14.0. The van der Waals surface area contributed by atoms with Crippen molar-refractivity contribution in [2.75, 3.05) is 13.2 Å². The fourth-order valence-electron chi connectivity index (χ4n) is 2.49. The molecule has 1 fully saturated rings. The Kier molecular flexibility index (Phi) is 7.87. The molecule has 0 amide bonds. The molecule has 1 N–H and O–H groups in total. The Morgan fingerprint density at radius 3 is 2.56 bits per heavy atom. The van der Waals surface area contributed by atoms with Crippen molar-refractivity contribution in [3.63, 3.8) is 0 Å². The minimum Gasteiger partial charge on any atom is -0.390 e. The first-order chi connectivity index (χ1) is 7.84. The highest BCUT2D eigenvalue weighted by Crippen LogP contribution is 2.26. The van der Waals surface area contributed by atoms with Gasteiger partial charge in [0.05, 0.1) is 12.7 Å². The molecule has 1 aliphatic carbocycles. The summed E-state index contributed by atoms with van der Waals surface area (Å²) in [5.74, 6) is 0.504. The van der Waals surface area contributed by atoms with Gasteiger partial charge in [-0.25, -0.2) is 0 Å². The molecule has 1 rings (SSSR count). The highest BCUT2D eigenvalue weighted by atomic mass is 16.5. The summed E-state index contributed by atoms with van der Waals surface area (Å²) in [6, 6.07) is 0. The van der Waals surface area contributed by atoms with E-state index in [1.54, 1.807) is 0 Å². The van der Waals surface area contributed by atoms with Crippen molar-refractivity contribution in [1.29, 1.82) is 0 Å².